The molecule has 1 aromatic carbocycles. The summed E-state index contributed by atoms with van der Waals surface area (Å²) in [6.07, 6.45) is 0. The van der Waals surface area contributed by atoms with Gasteiger partial charge in [0.25, 0.3) is 0 Å². The predicted molar refractivity (Wildman–Crippen MR) is 65.5 cm³/mol. The van der Waals surface area contributed by atoms with Crippen LogP contribution in [-0.4, -0.2) is 19.7 Å². The molecule has 0 saturated heterocycles. The number of benzene rings is 1. The number of rotatable bonds is 3. The highest BCUT2D eigenvalue weighted by atomic mass is 32.2. The molecule has 0 amide bonds. The number of H-pyrrole nitrogens is 1. The maximum absolute atomic E-state index is 11.2. The number of para-hydroxylation sites is 1. The third kappa shape index (κ3) is 2.07. The highest BCUT2D eigenvalue weighted by molar-refractivity contribution is 7.99. The SMILES string of the molecule is Cn1c(Sc2cccc(N)c2[N+](=O)[O-])n[nH]c1=O. The molecule has 0 aliphatic carbocycles. The number of nitrogens with two attached hydrogens (primary N) is 1. The molecular weight excluding hydrogens is 258 g/mol. The zero-order valence-electron chi connectivity index (χ0n) is 9.28. The molecular formula is C9H9N5O3S. The first-order valence-electron chi connectivity index (χ1n) is 4.83. The van der Waals surface area contributed by atoms with Gasteiger partial charge in [-0.1, -0.05) is 6.07 Å². The molecule has 0 unspecified atom stereocenters. The first kappa shape index (κ1) is 12.2. The first-order chi connectivity index (χ1) is 8.50. The topological polar surface area (TPSA) is 120 Å². The number of nitrogens with one attached hydrogen (secondary N) is 1. The van der Waals surface area contributed by atoms with E-state index in [9.17, 15) is 14.9 Å². The summed E-state index contributed by atoms with van der Waals surface area (Å²) < 4.78 is 1.26. The van der Waals surface area contributed by atoms with Crippen LogP contribution in [0.5, 0.6) is 0 Å². The van der Waals surface area contributed by atoms with Crippen LogP contribution in [0.15, 0.2) is 33.0 Å². The predicted octanol–water partition coefficient (Wildman–Crippen LogP) is 0.750. The molecule has 0 fully saturated rings. The summed E-state index contributed by atoms with van der Waals surface area (Å²) in [5.41, 5.74) is 5.07. The number of anilines is 1. The number of aromatic nitrogens is 3. The van der Waals surface area contributed by atoms with Gasteiger partial charge in [-0.2, -0.15) is 0 Å². The Morgan fingerprint density at radius 1 is 1.56 bits per heavy atom. The number of nitro groups is 1. The molecule has 0 aliphatic heterocycles. The monoisotopic (exact) mass is 267 g/mol. The van der Waals surface area contributed by atoms with Gasteiger partial charge in [0.1, 0.15) is 5.69 Å². The van der Waals surface area contributed by atoms with Crippen molar-refractivity contribution in [2.75, 3.05) is 5.73 Å². The Balaban J connectivity index is 2.47. The van der Waals surface area contributed by atoms with Crippen molar-refractivity contribution >= 4 is 23.1 Å². The van der Waals surface area contributed by atoms with Crippen LogP contribution in [0.1, 0.15) is 0 Å². The molecule has 0 radical (unpaired) electrons. The lowest BCUT2D eigenvalue weighted by molar-refractivity contribution is -0.386. The fourth-order valence-corrected chi connectivity index (χ4v) is 2.28. The molecule has 0 spiro atoms. The molecule has 1 aromatic heterocycles. The number of nitrogens with zero attached hydrogens (tertiary/aromatic N) is 3. The van der Waals surface area contributed by atoms with Gasteiger partial charge in [-0.3, -0.25) is 14.7 Å². The minimum absolute atomic E-state index is 0.0746. The maximum Gasteiger partial charge on any atom is 0.343 e. The fourth-order valence-electron chi connectivity index (χ4n) is 1.34. The summed E-state index contributed by atoms with van der Waals surface area (Å²) in [7, 11) is 1.52. The van der Waals surface area contributed by atoms with Gasteiger partial charge in [-0.05, 0) is 23.9 Å². The van der Waals surface area contributed by atoms with Gasteiger partial charge in [0, 0.05) is 7.05 Å². The van der Waals surface area contributed by atoms with Crippen LogP contribution in [0.2, 0.25) is 0 Å². The number of hydrogen-bond donors (Lipinski definition) is 2. The first-order valence-corrected chi connectivity index (χ1v) is 5.64. The second kappa shape index (κ2) is 4.53. The van der Waals surface area contributed by atoms with Crippen molar-refractivity contribution in [3.63, 3.8) is 0 Å². The number of nitrogen functional groups attached to an aromatic ring is 1. The Hall–Kier alpha value is -2.29. The second-order valence-corrected chi connectivity index (χ2v) is 4.43. The van der Waals surface area contributed by atoms with E-state index in [0.717, 1.165) is 11.8 Å². The van der Waals surface area contributed by atoms with Crippen molar-refractivity contribution in [3.8, 4) is 0 Å². The summed E-state index contributed by atoms with van der Waals surface area (Å²) >= 11 is 1.00. The maximum atomic E-state index is 11.2. The molecule has 8 nitrogen and oxygen atoms in total. The third-order valence-electron chi connectivity index (χ3n) is 2.25. The minimum Gasteiger partial charge on any atom is -0.393 e. The van der Waals surface area contributed by atoms with E-state index in [-0.39, 0.29) is 17.1 Å². The summed E-state index contributed by atoms with van der Waals surface area (Å²) in [4.78, 5) is 21.9. The van der Waals surface area contributed by atoms with Crippen molar-refractivity contribution < 1.29 is 4.92 Å². The van der Waals surface area contributed by atoms with Crippen LogP contribution in [0.25, 0.3) is 0 Å². The summed E-state index contributed by atoms with van der Waals surface area (Å²) in [5.74, 6) is 0. The van der Waals surface area contributed by atoms with Crippen LogP contribution in [0.4, 0.5) is 11.4 Å². The van der Waals surface area contributed by atoms with E-state index < -0.39 is 4.92 Å². The minimum atomic E-state index is -0.553. The lowest BCUT2D eigenvalue weighted by Crippen LogP contribution is -2.12. The zero-order valence-corrected chi connectivity index (χ0v) is 10.1. The smallest absolute Gasteiger partial charge is 0.343 e. The third-order valence-corrected chi connectivity index (χ3v) is 3.35. The Kier molecular flexibility index (Phi) is 3.06. The molecule has 0 atom stereocenters. The molecule has 1 heterocycles. The molecule has 0 bridgehead atoms. The standard InChI is InChI=1S/C9H9N5O3S/c1-13-8(15)11-12-9(13)18-6-4-2-3-5(10)7(6)14(16)17/h2-4H,10H2,1H3,(H,11,15). The molecule has 3 N–H and O–H groups in total. The summed E-state index contributed by atoms with van der Waals surface area (Å²) in [6.45, 7) is 0. The van der Waals surface area contributed by atoms with E-state index in [1.165, 1.54) is 17.7 Å². The lowest BCUT2D eigenvalue weighted by Gasteiger charge is -2.03. The van der Waals surface area contributed by atoms with Crippen molar-refractivity contribution in [1.29, 1.82) is 0 Å². The summed E-state index contributed by atoms with van der Waals surface area (Å²) in [5, 5.41) is 17.3. The van der Waals surface area contributed by atoms with Gasteiger partial charge < -0.3 is 5.73 Å². The number of nitro benzene ring substituents is 1. The van der Waals surface area contributed by atoms with E-state index in [1.807, 2.05) is 0 Å². The largest absolute Gasteiger partial charge is 0.393 e. The van der Waals surface area contributed by atoms with E-state index in [4.69, 9.17) is 5.73 Å². The van der Waals surface area contributed by atoms with Gasteiger partial charge in [-0.15, -0.1) is 5.10 Å². The quantitative estimate of drug-likeness (QED) is 0.481. The highest BCUT2D eigenvalue weighted by Gasteiger charge is 2.20. The molecule has 9 heteroatoms. The van der Waals surface area contributed by atoms with Crippen LogP contribution < -0.4 is 11.4 Å². The van der Waals surface area contributed by atoms with Crippen molar-refractivity contribution in [2.24, 2.45) is 7.05 Å². The van der Waals surface area contributed by atoms with Crippen LogP contribution >= 0.6 is 11.8 Å². The van der Waals surface area contributed by atoms with Crippen molar-refractivity contribution in [1.82, 2.24) is 14.8 Å². The Morgan fingerprint density at radius 3 is 2.83 bits per heavy atom. The van der Waals surface area contributed by atoms with Gasteiger partial charge >= 0.3 is 11.4 Å². The van der Waals surface area contributed by atoms with E-state index in [2.05, 4.69) is 10.2 Å². The summed E-state index contributed by atoms with van der Waals surface area (Å²) in [6, 6.07) is 4.61. The molecule has 0 aliphatic rings. The normalized spacial score (nSPS) is 10.5. The number of hydrogen-bond acceptors (Lipinski definition) is 6. The van der Waals surface area contributed by atoms with Gasteiger partial charge in [0.05, 0.1) is 9.82 Å². The van der Waals surface area contributed by atoms with Crippen LogP contribution in [-0.2, 0) is 7.05 Å². The zero-order chi connectivity index (χ0) is 13.3. The second-order valence-electron chi connectivity index (χ2n) is 3.42. The molecule has 0 saturated carbocycles. The van der Waals surface area contributed by atoms with Gasteiger partial charge in [0.15, 0.2) is 5.16 Å². The Labute approximate surface area is 105 Å². The Bertz CT molecular complexity index is 662. The van der Waals surface area contributed by atoms with Crippen LogP contribution in [0, 0.1) is 10.1 Å². The lowest BCUT2D eigenvalue weighted by atomic mass is 10.3. The molecule has 2 rings (SSSR count). The van der Waals surface area contributed by atoms with Crippen molar-refractivity contribution in [3.05, 3.63) is 38.8 Å². The molecule has 2 aromatic rings. The molecule has 94 valence electrons. The average molecular weight is 267 g/mol. The highest BCUT2D eigenvalue weighted by Crippen LogP contribution is 2.36. The Morgan fingerprint density at radius 2 is 2.28 bits per heavy atom. The van der Waals surface area contributed by atoms with Crippen LogP contribution in [0.3, 0.4) is 0 Å². The van der Waals surface area contributed by atoms with E-state index in [1.54, 1.807) is 12.1 Å². The van der Waals surface area contributed by atoms with Gasteiger partial charge in [-0.25, -0.2) is 9.89 Å². The molecule has 18 heavy (non-hydrogen) atoms. The van der Waals surface area contributed by atoms with E-state index in [0.29, 0.717) is 10.1 Å². The average Bonchev–Trinajstić information content (AvgIpc) is 2.60. The van der Waals surface area contributed by atoms with E-state index >= 15 is 0 Å². The van der Waals surface area contributed by atoms with Crippen molar-refractivity contribution in [2.45, 2.75) is 10.1 Å². The number of aromatic amines is 1. The fraction of sp³-hybridized carbons (Fsp3) is 0.111. The van der Waals surface area contributed by atoms with Gasteiger partial charge in [0.2, 0.25) is 0 Å².